The Morgan fingerprint density at radius 1 is 1.44 bits per heavy atom. The monoisotopic (exact) mass is 240 g/mol. The minimum absolute atomic E-state index is 0.00119. The molecule has 2 atom stereocenters. The molecule has 0 amide bonds. The number of aliphatic hydroxyl groups excluding tert-OH is 2. The molecule has 86 valence electrons. The first-order chi connectivity index (χ1) is 7.63. The highest BCUT2D eigenvalue weighted by molar-refractivity contribution is 6.18. The fourth-order valence-electron chi connectivity index (χ4n) is 1.65. The molecule has 0 bridgehead atoms. The lowest BCUT2D eigenvalue weighted by molar-refractivity contribution is 0.0328. The summed E-state index contributed by atoms with van der Waals surface area (Å²) in [6.07, 6.45) is -1.93. The van der Waals surface area contributed by atoms with Crippen molar-refractivity contribution in [2.75, 3.05) is 5.88 Å². The van der Waals surface area contributed by atoms with Crippen LogP contribution in [0.25, 0.3) is 10.9 Å². The number of aliphatic hydroxyl groups is 2. The molecule has 0 spiro atoms. The second-order valence-electron chi connectivity index (χ2n) is 3.79. The van der Waals surface area contributed by atoms with Crippen molar-refractivity contribution in [3.63, 3.8) is 0 Å². The molecule has 4 nitrogen and oxygen atoms in total. The number of H-pyrrole nitrogens is 1. The van der Waals surface area contributed by atoms with Crippen LogP contribution in [0, 0.1) is 6.92 Å². The number of alkyl halides is 1. The van der Waals surface area contributed by atoms with Crippen molar-refractivity contribution in [3.8, 4) is 0 Å². The summed E-state index contributed by atoms with van der Waals surface area (Å²) in [5.74, 6) is -0.00119. The van der Waals surface area contributed by atoms with Crippen molar-refractivity contribution in [2.24, 2.45) is 0 Å². The number of aromatic nitrogens is 2. The number of halogens is 1. The fourth-order valence-corrected chi connectivity index (χ4v) is 1.82. The van der Waals surface area contributed by atoms with Gasteiger partial charge >= 0.3 is 0 Å². The first-order valence-electron chi connectivity index (χ1n) is 5.00. The van der Waals surface area contributed by atoms with Crippen molar-refractivity contribution in [1.82, 2.24) is 10.2 Å². The number of nitrogens with zero attached hydrogens (tertiary/aromatic N) is 1. The highest BCUT2D eigenvalue weighted by Gasteiger charge is 2.18. The number of rotatable bonds is 3. The zero-order chi connectivity index (χ0) is 11.7. The second-order valence-corrected chi connectivity index (χ2v) is 4.10. The second kappa shape index (κ2) is 4.41. The molecule has 1 heterocycles. The van der Waals surface area contributed by atoms with Crippen molar-refractivity contribution in [1.29, 1.82) is 0 Å². The third kappa shape index (κ3) is 1.91. The highest BCUT2D eigenvalue weighted by Crippen LogP contribution is 2.23. The molecule has 2 aromatic rings. The van der Waals surface area contributed by atoms with E-state index >= 15 is 0 Å². The summed E-state index contributed by atoms with van der Waals surface area (Å²) in [6.45, 7) is 1.93. The quantitative estimate of drug-likeness (QED) is 0.713. The maximum absolute atomic E-state index is 9.78. The van der Waals surface area contributed by atoms with E-state index in [4.69, 9.17) is 11.6 Å². The first-order valence-corrected chi connectivity index (χ1v) is 5.53. The molecule has 2 rings (SSSR count). The molecule has 0 saturated carbocycles. The summed E-state index contributed by atoms with van der Waals surface area (Å²) in [4.78, 5) is 0. The lowest BCUT2D eigenvalue weighted by Gasteiger charge is -2.15. The maximum Gasteiger partial charge on any atom is 0.106 e. The lowest BCUT2D eigenvalue weighted by Crippen LogP contribution is -2.19. The zero-order valence-electron chi connectivity index (χ0n) is 8.81. The predicted octanol–water partition coefficient (Wildman–Crippen LogP) is 1.50. The van der Waals surface area contributed by atoms with E-state index in [-0.39, 0.29) is 5.88 Å². The minimum Gasteiger partial charge on any atom is -0.389 e. The van der Waals surface area contributed by atoms with E-state index < -0.39 is 12.2 Å². The summed E-state index contributed by atoms with van der Waals surface area (Å²) in [5.41, 5.74) is 2.37. The van der Waals surface area contributed by atoms with Gasteiger partial charge in [0.25, 0.3) is 0 Å². The van der Waals surface area contributed by atoms with Crippen LogP contribution in [0.3, 0.4) is 0 Å². The van der Waals surface area contributed by atoms with Gasteiger partial charge in [-0.2, -0.15) is 5.10 Å². The van der Waals surface area contributed by atoms with Gasteiger partial charge in [0.2, 0.25) is 0 Å². The Hall–Kier alpha value is -1.10. The summed E-state index contributed by atoms with van der Waals surface area (Å²) in [6, 6.07) is 5.39. The molecule has 0 radical (unpaired) electrons. The Morgan fingerprint density at radius 2 is 2.19 bits per heavy atom. The van der Waals surface area contributed by atoms with Crippen LogP contribution in [0.1, 0.15) is 17.4 Å². The Labute approximate surface area is 97.9 Å². The fraction of sp³-hybridized carbons (Fsp3) is 0.364. The van der Waals surface area contributed by atoms with Crippen LogP contribution in [-0.2, 0) is 0 Å². The number of aromatic amines is 1. The molecule has 16 heavy (non-hydrogen) atoms. The largest absolute Gasteiger partial charge is 0.389 e. The summed E-state index contributed by atoms with van der Waals surface area (Å²) >= 11 is 5.49. The van der Waals surface area contributed by atoms with Gasteiger partial charge in [0, 0.05) is 11.1 Å². The van der Waals surface area contributed by atoms with Gasteiger partial charge in [-0.15, -0.1) is 11.6 Å². The number of fused-ring (bicyclic) bond motifs is 1. The van der Waals surface area contributed by atoms with E-state index in [1.807, 2.05) is 13.0 Å². The molecular weight excluding hydrogens is 228 g/mol. The van der Waals surface area contributed by atoms with Crippen LogP contribution in [0.4, 0.5) is 0 Å². The van der Waals surface area contributed by atoms with Gasteiger partial charge in [0.15, 0.2) is 0 Å². The molecule has 1 aromatic carbocycles. The summed E-state index contributed by atoms with van der Waals surface area (Å²) < 4.78 is 0. The van der Waals surface area contributed by atoms with Gasteiger partial charge in [-0.3, -0.25) is 5.10 Å². The number of aryl methyl sites for hydroxylation is 1. The first kappa shape index (κ1) is 11.4. The van der Waals surface area contributed by atoms with Crippen molar-refractivity contribution in [2.45, 2.75) is 19.1 Å². The average Bonchev–Trinajstić information content (AvgIpc) is 2.68. The summed E-state index contributed by atoms with van der Waals surface area (Å²) in [5, 5.41) is 27.2. The Morgan fingerprint density at radius 3 is 2.88 bits per heavy atom. The van der Waals surface area contributed by atoms with Gasteiger partial charge in [-0.25, -0.2) is 0 Å². The number of hydrogen-bond donors (Lipinski definition) is 3. The van der Waals surface area contributed by atoms with Crippen LogP contribution in [0.5, 0.6) is 0 Å². The van der Waals surface area contributed by atoms with Gasteiger partial charge < -0.3 is 10.2 Å². The summed E-state index contributed by atoms with van der Waals surface area (Å²) in [7, 11) is 0. The smallest absolute Gasteiger partial charge is 0.106 e. The Bertz CT molecular complexity index is 498. The molecule has 0 aliphatic carbocycles. The molecule has 0 saturated heterocycles. The van der Waals surface area contributed by atoms with E-state index in [0.717, 1.165) is 16.6 Å². The average molecular weight is 241 g/mol. The van der Waals surface area contributed by atoms with E-state index in [9.17, 15) is 10.2 Å². The maximum atomic E-state index is 9.78. The Kier molecular flexibility index (Phi) is 3.14. The molecule has 5 heteroatoms. The molecular formula is C11H13ClN2O2. The standard InChI is InChI=1S/C11H13ClN2O2/c1-6-8-3-2-7(4-9(8)14-13-6)11(16)10(15)5-12/h2-4,10-11,15-16H,5H2,1H3,(H,13,14). The van der Waals surface area contributed by atoms with E-state index in [1.165, 1.54) is 0 Å². The van der Waals surface area contributed by atoms with Crippen LogP contribution in [0.15, 0.2) is 18.2 Å². The molecule has 1 aromatic heterocycles. The SMILES string of the molecule is Cc1[nH]nc2cc(C(O)C(O)CCl)ccc12. The number of nitrogens with one attached hydrogen (secondary N) is 1. The normalized spacial score (nSPS) is 15.2. The third-order valence-electron chi connectivity index (χ3n) is 2.63. The van der Waals surface area contributed by atoms with Crippen molar-refractivity contribution >= 4 is 22.5 Å². The number of benzene rings is 1. The van der Waals surface area contributed by atoms with Crippen LogP contribution >= 0.6 is 11.6 Å². The van der Waals surface area contributed by atoms with E-state index in [2.05, 4.69) is 10.2 Å². The predicted molar refractivity (Wildman–Crippen MR) is 62.5 cm³/mol. The molecule has 2 unspecified atom stereocenters. The van der Waals surface area contributed by atoms with E-state index in [0.29, 0.717) is 5.56 Å². The minimum atomic E-state index is -0.973. The van der Waals surface area contributed by atoms with Crippen LogP contribution < -0.4 is 0 Å². The van der Waals surface area contributed by atoms with Gasteiger partial charge in [0.1, 0.15) is 6.10 Å². The number of hydrogen-bond acceptors (Lipinski definition) is 3. The van der Waals surface area contributed by atoms with Gasteiger partial charge in [0.05, 0.1) is 17.5 Å². The highest BCUT2D eigenvalue weighted by atomic mass is 35.5. The van der Waals surface area contributed by atoms with Crippen molar-refractivity contribution < 1.29 is 10.2 Å². The van der Waals surface area contributed by atoms with Crippen LogP contribution in [-0.4, -0.2) is 32.4 Å². The molecule has 0 fully saturated rings. The molecule has 0 aliphatic rings. The zero-order valence-corrected chi connectivity index (χ0v) is 9.57. The van der Waals surface area contributed by atoms with Gasteiger partial charge in [-0.1, -0.05) is 12.1 Å². The lowest BCUT2D eigenvalue weighted by atomic mass is 10.0. The topological polar surface area (TPSA) is 69.1 Å². The van der Waals surface area contributed by atoms with E-state index in [1.54, 1.807) is 12.1 Å². The third-order valence-corrected chi connectivity index (χ3v) is 2.95. The molecule has 3 N–H and O–H groups in total. The van der Waals surface area contributed by atoms with Gasteiger partial charge in [-0.05, 0) is 18.6 Å². The Balaban J connectivity index is 2.39. The van der Waals surface area contributed by atoms with Crippen LogP contribution in [0.2, 0.25) is 0 Å². The van der Waals surface area contributed by atoms with Crippen molar-refractivity contribution in [3.05, 3.63) is 29.5 Å². The molecule has 0 aliphatic heterocycles.